The van der Waals surface area contributed by atoms with Crippen molar-refractivity contribution >= 4 is 11.7 Å². The number of carbonyl (C=O) groups is 1. The summed E-state index contributed by atoms with van der Waals surface area (Å²) in [6, 6.07) is 1.43. The SMILES string of the molecule is O=C(O)c1ccn2nc(C3CCCC3)nc2n1. The lowest BCUT2D eigenvalue weighted by atomic mass is 10.1. The number of aromatic carboxylic acids is 1. The van der Waals surface area contributed by atoms with E-state index >= 15 is 0 Å². The van der Waals surface area contributed by atoms with Crippen molar-refractivity contribution in [2.24, 2.45) is 0 Å². The molecule has 3 rings (SSSR count). The molecule has 6 heteroatoms. The van der Waals surface area contributed by atoms with Crippen molar-refractivity contribution in [2.75, 3.05) is 0 Å². The Hall–Kier alpha value is -1.98. The van der Waals surface area contributed by atoms with Gasteiger partial charge in [-0.15, -0.1) is 5.10 Å². The van der Waals surface area contributed by atoms with Crippen LogP contribution < -0.4 is 0 Å². The maximum atomic E-state index is 10.8. The minimum atomic E-state index is -1.04. The van der Waals surface area contributed by atoms with E-state index in [4.69, 9.17) is 5.11 Å². The number of nitrogens with zero attached hydrogens (tertiary/aromatic N) is 4. The minimum Gasteiger partial charge on any atom is -0.477 e. The van der Waals surface area contributed by atoms with Crippen LogP contribution in [0.2, 0.25) is 0 Å². The molecule has 0 aliphatic heterocycles. The standard InChI is InChI=1S/C11H12N4O2/c16-10(17)8-5-6-15-11(12-8)13-9(14-15)7-3-1-2-4-7/h5-7H,1-4H2,(H,16,17). The minimum absolute atomic E-state index is 0.00266. The maximum absolute atomic E-state index is 10.8. The zero-order chi connectivity index (χ0) is 11.8. The van der Waals surface area contributed by atoms with Crippen LogP contribution in [0.25, 0.3) is 5.78 Å². The smallest absolute Gasteiger partial charge is 0.354 e. The number of hydrogen-bond donors (Lipinski definition) is 1. The van der Waals surface area contributed by atoms with E-state index in [1.165, 1.54) is 18.9 Å². The van der Waals surface area contributed by atoms with Crippen LogP contribution >= 0.6 is 0 Å². The van der Waals surface area contributed by atoms with Gasteiger partial charge in [0.05, 0.1) is 0 Å². The molecule has 0 spiro atoms. The fourth-order valence-electron chi connectivity index (χ4n) is 2.27. The Morgan fingerprint density at radius 3 is 2.82 bits per heavy atom. The molecule has 1 N–H and O–H groups in total. The molecule has 1 aliphatic rings. The summed E-state index contributed by atoms with van der Waals surface area (Å²) in [4.78, 5) is 19.1. The van der Waals surface area contributed by atoms with Crippen molar-refractivity contribution in [1.29, 1.82) is 0 Å². The Morgan fingerprint density at radius 1 is 1.35 bits per heavy atom. The molecule has 0 amide bonds. The quantitative estimate of drug-likeness (QED) is 0.848. The van der Waals surface area contributed by atoms with Crippen LogP contribution in [0.4, 0.5) is 0 Å². The molecule has 1 aliphatic carbocycles. The average Bonchev–Trinajstić information content (AvgIpc) is 2.96. The Kier molecular flexibility index (Phi) is 2.28. The molecule has 0 radical (unpaired) electrons. The molecule has 1 fully saturated rings. The van der Waals surface area contributed by atoms with Crippen LogP contribution in [0.15, 0.2) is 12.3 Å². The highest BCUT2D eigenvalue weighted by molar-refractivity contribution is 5.85. The van der Waals surface area contributed by atoms with Gasteiger partial charge in [-0.2, -0.15) is 4.98 Å². The van der Waals surface area contributed by atoms with Crippen molar-refractivity contribution in [2.45, 2.75) is 31.6 Å². The zero-order valence-corrected chi connectivity index (χ0v) is 9.20. The van der Waals surface area contributed by atoms with E-state index in [9.17, 15) is 4.79 Å². The molecule has 88 valence electrons. The topological polar surface area (TPSA) is 80.4 Å². The van der Waals surface area contributed by atoms with Crippen LogP contribution in [-0.4, -0.2) is 30.7 Å². The van der Waals surface area contributed by atoms with E-state index in [-0.39, 0.29) is 5.69 Å². The summed E-state index contributed by atoms with van der Waals surface area (Å²) in [5.74, 6) is 0.521. The summed E-state index contributed by atoms with van der Waals surface area (Å²) in [5, 5.41) is 13.2. The van der Waals surface area contributed by atoms with Crippen molar-refractivity contribution < 1.29 is 9.90 Å². The van der Waals surface area contributed by atoms with Crippen LogP contribution in [0.5, 0.6) is 0 Å². The van der Waals surface area contributed by atoms with Gasteiger partial charge in [0.1, 0.15) is 0 Å². The molecule has 17 heavy (non-hydrogen) atoms. The monoisotopic (exact) mass is 232 g/mol. The molecule has 0 saturated heterocycles. The third-order valence-corrected chi connectivity index (χ3v) is 3.16. The number of hydrogen-bond acceptors (Lipinski definition) is 4. The number of aromatic nitrogens is 4. The summed E-state index contributed by atoms with van der Waals surface area (Å²) in [5.41, 5.74) is 0.00266. The highest BCUT2D eigenvalue weighted by Crippen LogP contribution is 2.32. The fourth-order valence-corrected chi connectivity index (χ4v) is 2.27. The van der Waals surface area contributed by atoms with Gasteiger partial charge in [0, 0.05) is 12.1 Å². The lowest BCUT2D eigenvalue weighted by molar-refractivity contribution is 0.0690. The molecular weight excluding hydrogens is 220 g/mol. The third-order valence-electron chi connectivity index (χ3n) is 3.16. The Balaban J connectivity index is 2.03. The Labute approximate surface area is 97.3 Å². The van der Waals surface area contributed by atoms with E-state index in [1.54, 1.807) is 10.7 Å². The normalized spacial score (nSPS) is 16.7. The van der Waals surface area contributed by atoms with E-state index in [0.29, 0.717) is 11.7 Å². The summed E-state index contributed by atoms with van der Waals surface area (Å²) in [7, 11) is 0. The van der Waals surface area contributed by atoms with Crippen molar-refractivity contribution in [1.82, 2.24) is 19.6 Å². The fraction of sp³-hybridized carbons (Fsp3) is 0.455. The second kappa shape index (κ2) is 3.80. The summed E-state index contributed by atoms with van der Waals surface area (Å²) < 4.78 is 1.54. The molecule has 0 aromatic carbocycles. The summed E-state index contributed by atoms with van der Waals surface area (Å²) in [6.07, 6.45) is 6.25. The molecule has 2 heterocycles. The van der Waals surface area contributed by atoms with Crippen molar-refractivity contribution in [3.8, 4) is 0 Å². The van der Waals surface area contributed by atoms with Crippen LogP contribution in [0.3, 0.4) is 0 Å². The van der Waals surface area contributed by atoms with Gasteiger partial charge < -0.3 is 5.11 Å². The lowest BCUT2D eigenvalue weighted by Gasteiger charge is -1.99. The molecule has 6 nitrogen and oxygen atoms in total. The van der Waals surface area contributed by atoms with E-state index < -0.39 is 5.97 Å². The van der Waals surface area contributed by atoms with Gasteiger partial charge in [-0.25, -0.2) is 14.3 Å². The molecule has 2 aromatic heterocycles. The first-order valence-corrected chi connectivity index (χ1v) is 5.70. The van der Waals surface area contributed by atoms with Gasteiger partial charge in [0.25, 0.3) is 5.78 Å². The largest absolute Gasteiger partial charge is 0.477 e. The average molecular weight is 232 g/mol. The number of rotatable bonds is 2. The second-order valence-corrected chi connectivity index (χ2v) is 4.31. The van der Waals surface area contributed by atoms with Crippen LogP contribution in [-0.2, 0) is 0 Å². The zero-order valence-electron chi connectivity index (χ0n) is 9.20. The summed E-state index contributed by atoms with van der Waals surface area (Å²) >= 11 is 0. The molecule has 0 atom stereocenters. The highest BCUT2D eigenvalue weighted by Gasteiger charge is 2.21. The highest BCUT2D eigenvalue weighted by atomic mass is 16.4. The number of carboxylic acids is 1. The maximum Gasteiger partial charge on any atom is 0.354 e. The Morgan fingerprint density at radius 2 is 2.12 bits per heavy atom. The molecule has 0 bridgehead atoms. The van der Waals surface area contributed by atoms with E-state index in [1.807, 2.05) is 0 Å². The first-order chi connectivity index (χ1) is 8.24. The van der Waals surface area contributed by atoms with Gasteiger partial charge >= 0.3 is 5.97 Å². The molecule has 2 aromatic rings. The van der Waals surface area contributed by atoms with Gasteiger partial charge in [-0.1, -0.05) is 12.8 Å². The molecule has 0 unspecified atom stereocenters. The first kappa shape index (κ1) is 10.2. The van der Waals surface area contributed by atoms with Gasteiger partial charge in [0.2, 0.25) is 0 Å². The first-order valence-electron chi connectivity index (χ1n) is 5.70. The number of fused-ring (bicyclic) bond motifs is 1. The van der Waals surface area contributed by atoms with Crippen molar-refractivity contribution in [3.05, 3.63) is 23.8 Å². The lowest BCUT2D eigenvalue weighted by Crippen LogP contribution is -2.02. The second-order valence-electron chi connectivity index (χ2n) is 4.31. The van der Waals surface area contributed by atoms with Crippen molar-refractivity contribution in [3.63, 3.8) is 0 Å². The van der Waals surface area contributed by atoms with Gasteiger partial charge in [-0.05, 0) is 18.9 Å². The number of carboxylic acid groups (broad SMARTS) is 1. The molecule has 1 saturated carbocycles. The van der Waals surface area contributed by atoms with Crippen LogP contribution in [0, 0.1) is 0 Å². The van der Waals surface area contributed by atoms with Gasteiger partial charge in [-0.3, -0.25) is 0 Å². The predicted molar refractivity (Wildman–Crippen MR) is 59.0 cm³/mol. The Bertz CT molecular complexity index is 572. The predicted octanol–water partition coefficient (Wildman–Crippen LogP) is 1.48. The van der Waals surface area contributed by atoms with Gasteiger partial charge in [0.15, 0.2) is 11.5 Å². The van der Waals surface area contributed by atoms with E-state index in [0.717, 1.165) is 18.7 Å². The third kappa shape index (κ3) is 1.75. The molecular formula is C11H12N4O2. The summed E-state index contributed by atoms with van der Waals surface area (Å²) in [6.45, 7) is 0. The van der Waals surface area contributed by atoms with Crippen LogP contribution in [0.1, 0.15) is 47.9 Å². The van der Waals surface area contributed by atoms with E-state index in [2.05, 4.69) is 15.1 Å².